The molecule has 82 valence electrons. The van der Waals surface area contributed by atoms with Crippen molar-refractivity contribution in [1.82, 2.24) is 4.98 Å². The van der Waals surface area contributed by atoms with E-state index in [2.05, 4.69) is 25.7 Å². The lowest BCUT2D eigenvalue weighted by Crippen LogP contribution is -1.96. The number of hydrogen-bond donors (Lipinski definition) is 0. The SMILES string of the molecule is COC(=O)c1cc(Br)c(-c2cccnc2)s1. The van der Waals surface area contributed by atoms with Gasteiger partial charge in [0.25, 0.3) is 0 Å². The largest absolute Gasteiger partial charge is 0.465 e. The minimum atomic E-state index is -0.319. The Bertz CT molecular complexity index is 510. The maximum Gasteiger partial charge on any atom is 0.348 e. The second-order valence-electron chi connectivity index (χ2n) is 3.02. The van der Waals surface area contributed by atoms with Gasteiger partial charge in [0.05, 0.1) is 12.0 Å². The van der Waals surface area contributed by atoms with Crippen LogP contribution in [-0.2, 0) is 4.74 Å². The summed E-state index contributed by atoms with van der Waals surface area (Å²) in [5.41, 5.74) is 0.981. The topological polar surface area (TPSA) is 39.2 Å². The van der Waals surface area contributed by atoms with Gasteiger partial charge in [0, 0.05) is 22.4 Å². The smallest absolute Gasteiger partial charge is 0.348 e. The summed E-state index contributed by atoms with van der Waals surface area (Å²) >= 11 is 4.81. The molecule has 2 heterocycles. The molecule has 2 aromatic rings. The Balaban J connectivity index is 2.44. The molecule has 3 nitrogen and oxygen atoms in total. The summed E-state index contributed by atoms with van der Waals surface area (Å²) < 4.78 is 5.56. The van der Waals surface area contributed by atoms with Crippen molar-refractivity contribution in [3.8, 4) is 10.4 Å². The Morgan fingerprint density at radius 2 is 2.38 bits per heavy atom. The highest BCUT2D eigenvalue weighted by Crippen LogP contribution is 2.36. The number of nitrogens with zero attached hydrogens (tertiary/aromatic N) is 1. The number of thiophene rings is 1. The lowest BCUT2D eigenvalue weighted by molar-refractivity contribution is 0.0606. The van der Waals surface area contributed by atoms with Gasteiger partial charge in [-0.2, -0.15) is 0 Å². The van der Waals surface area contributed by atoms with Crippen LogP contribution in [0.25, 0.3) is 10.4 Å². The molecule has 0 saturated carbocycles. The van der Waals surface area contributed by atoms with Crippen molar-refractivity contribution < 1.29 is 9.53 Å². The number of methoxy groups -OCH3 is 1. The lowest BCUT2D eigenvalue weighted by Gasteiger charge is -1.96. The normalized spacial score (nSPS) is 10.1. The number of carbonyl (C=O) groups is 1. The van der Waals surface area contributed by atoms with Crippen LogP contribution in [0.5, 0.6) is 0 Å². The van der Waals surface area contributed by atoms with Crippen LogP contribution in [0.4, 0.5) is 0 Å². The number of hydrogen-bond acceptors (Lipinski definition) is 4. The first kappa shape index (κ1) is 11.3. The van der Waals surface area contributed by atoms with E-state index in [0.29, 0.717) is 4.88 Å². The zero-order valence-electron chi connectivity index (χ0n) is 8.44. The summed E-state index contributed by atoms with van der Waals surface area (Å²) in [7, 11) is 1.37. The predicted molar refractivity (Wildman–Crippen MR) is 66.6 cm³/mol. The van der Waals surface area contributed by atoms with Crippen LogP contribution in [0.1, 0.15) is 9.67 Å². The third kappa shape index (κ3) is 2.15. The molecular formula is C11H8BrNO2S. The molecule has 5 heteroatoms. The number of aromatic nitrogens is 1. The fraction of sp³-hybridized carbons (Fsp3) is 0.0909. The van der Waals surface area contributed by atoms with Gasteiger partial charge >= 0.3 is 5.97 Å². The Morgan fingerprint density at radius 3 is 3.00 bits per heavy atom. The predicted octanol–water partition coefficient (Wildman–Crippen LogP) is 3.36. The van der Waals surface area contributed by atoms with Gasteiger partial charge in [-0.3, -0.25) is 4.98 Å². The third-order valence-corrected chi connectivity index (χ3v) is 4.05. The number of pyridine rings is 1. The average Bonchev–Trinajstić information content (AvgIpc) is 2.71. The van der Waals surface area contributed by atoms with E-state index in [-0.39, 0.29) is 5.97 Å². The highest BCUT2D eigenvalue weighted by atomic mass is 79.9. The molecule has 0 unspecified atom stereocenters. The van der Waals surface area contributed by atoms with Crippen molar-refractivity contribution in [3.05, 3.63) is 39.9 Å². The molecule has 0 amide bonds. The first-order valence-corrected chi connectivity index (χ1v) is 6.11. The molecular weight excluding hydrogens is 290 g/mol. The zero-order chi connectivity index (χ0) is 11.5. The second-order valence-corrected chi connectivity index (χ2v) is 4.93. The van der Waals surface area contributed by atoms with E-state index in [9.17, 15) is 4.79 Å². The molecule has 16 heavy (non-hydrogen) atoms. The maximum absolute atomic E-state index is 11.4. The third-order valence-electron chi connectivity index (χ3n) is 2.00. The molecule has 0 spiro atoms. The molecule has 0 N–H and O–H groups in total. The monoisotopic (exact) mass is 297 g/mol. The second kappa shape index (κ2) is 4.76. The number of halogens is 1. The summed E-state index contributed by atoms with van der Waals surface area (Å²) in [6.45, 7) is 0. The van der Waals surface area contributed by atoms with E-state index in [1.165, 1.54) is 18.4 Å². The number of rotatable bonds is 2. The van der Waals surface area contributed by atoms with Crippen LogP contribution in [0.2, 0.25) is 0 Å². The first-order valence-electron chi connectivity index (χ1n) is 4.50. The van der Waals surface area contributed by atoms with Gasteiger partial charge < -0.3 is 4.74 Å². The van der Waals surface area contributed by atoms with Crippen LogP contribution < -0.4 is 0 Å². The van der Waals surface area contributed by atoms with E-state index in [1.807, 2.05) is 12.1 Å². The van der Waals surface area contributed by atoms with E-state index in [1.54, 1.807) is 18.5 Å². The summed E-state index contributed by atoms with van der Waals surface area (Å²) in [5, 5.41) is 0. The van der Waals surface area contributed by atoms with E-state index in [4.69, 9.17) is 0 Å². The average molecular weight is 298 g/mol. The van der Waals surface area contributed by atoms with Crippen molar-refractivity contribution in [1.29, 1.82) is 0 Å². The van der Waals surface area contributed by atoms with Crippen molar-refractivity contribution in [2.75, 3.05) is 7.11 Å². The van der Waals surface area contributed by atoms with Crippen molar-refractivity contribution >= 4 is 33.2 Å². The van der Waals surface area contributed by atoms with Crippen LogP contribution >= 0.6 is 27.3 Å². The minimum Gasteiger partial charge on any atom is -0.465 e. The Labute approximate surface area is 105 Å². The summed E-state index contributed by atoms with van der Waals surface area (Å²) in [5.74, 6) is -0.319. The number of esters is 1. The van der Waals surface area contributed by atoms with E-state index in [0.717, 1.165) is 14.9 Å². The molecule has 0 aliphatic carbocycles. The van der Waals surface area contributed by atoms with Gasteiger partial charge in [0.1, 0.15) is 4.88 Å². The zero-order valence-corrected chi connectivity index (χ0v) is 10.8. The van der Waals surface area contributed by atoms with Crippen LogP contribution in [0.15, 0.2) is 35.1 Å². The van der Waals surface area contributed by atoms with E-state index < -0.39 is 0 Å². The molecule has 0 fully saturated rings. The van der Waals surface area contributed by atoms with E-state index >= 15 is 0 Å². The quantitative estimate of drug-likeness (QED) is 0.798. The molecule has 0 radical (unpaired) electrons. The van der Waals surface area contributed by atoms with Gasteiger partial charge in [0.15, 0.2) is 0 Å². The Morgan fingerprint density at radius 1 is 1.56 bits per heavy atom. The maximum atomic E-state index is 11.4. The number of ether oxygens (including phenoxy) is 1. The standard InChI is InChI=1S/C11H8BrNO2S/c1-15-11(14)9-5-8(12)10(16-9)7-3-2-4-13-6-7/h2-6H,1H3. The highest BCUT2D eigenvalue weighted by Gasteiger charge is 2.14. The molecule has 2 aromatic heterocycles. The Hall–Kier alpha value is -1.20. The van der Waals surface area contributed by atoms with Crippen LogP contribution in [0.3, 0.4) is 0 Å². The van der Waals surface area contributed by atoms with Crippen molar-refractivity contribution in [2.45, 2.75) is 0 Å². The molecule has 0 saturated heterocycles. The minimum absolute atomic E-state index is 0.319. The molecule has 0 bridgehead atoms. The summed E-state index contributed by atoms with van der Waals surface area (Å²) in [6.07, 6.45) is 3.48. The fourth-order valence-corrected chi connectivity index (χ4v) is 3.07. The molecule has 0 aliphatic heterocycles. The fourth-order valence-electron chi connectivity index (χ4n) is 1.26. The molecule has 0 atom stereocenters. The molecule has 0 aromatic carbocycles. The molecule has 0 aliphatic rings. The summed E-state index contributed by atoms with van der Waals surface area (Å²) in [6, 6.07) is 5.57. The highest BCUT2D eigenvalue weighted by molar-refractivity contribution is 9.10. The summed E-state index contributed by atoms with van der Waals surface area (Å²) in [4.78, 5) is 17.0. The van der Waals surface area contributed by atoms with Crippen LogP contribution in [-0.4, -0.2) is 18.1 Å². The first-order chi connectivity index (χ1) is 7.72. The van der Waals surface area contributed by atoms with Crippen molar-refractivity contribution in [3.63, 3.8) is 0 Å². The van der Waals surface area contributed by atoms with Crippen molar-refractivity contribution in [2.24, 2.45) is 0 Å². The van der Waals surface area contributed by atoms with Gasteiger partial charge in [-0.25, -0.2) is 4.79 Å². The number of carbonyl (C=O) groups excluding carboxylic acids is 1. The van der Waals surface area contributed by atoms with Gasteiger partial charge in [-0.1, -0.05) is 6.07 Å². The van der Waals surface area contributed by atoms with Gasteiger partial charge in [0.2, 0.25) is 0 Å². The van der Waals surface area contributed by atoms with Gasteiger partial charge in [-0.05, 0) is 28.1 Å². The van der Waals surface area contributed by atoms with Crippen LogP contribution in [0, 0.1) is 0 Å². The molecule has 2 rings (SSSR count). The Kier molecular flexibility index (Phi) is 3.36. The van der Waals surface area contributed by atoms with Gasteiger partial charge in [-0.15, -0.1) is 11.3 Å². The lowest BCUT2D eigenvalue weighted by atomic mass is 10.2.